The summed E-state index contributed by atoms with van der Waals surface area (Å²) < 4.78 is 2.25. The summed E-state index contributed by atoms with van der Waals surface area (Å²) in [5, 5.41) is 6.42. The number of benzene rings is 2. The van der Waals surface area contributed by atoms with Crippen LogP contribution in [0.15, 0.2) is 42.5 Å². The number of hydrogen-bond donors (Lipinski definition) is 1. The molecule has 0 atom stereocenters. The predicted octanol–water partition coefficient (Wildman–Crippen LogP) is 6.98. The molecule has 34 heavy (non-hydrogen) atoms. The molecule has 0 aliphatic carbocycles. The fourth-order valence-electron chi connectivity index (χ4n) is 4.50. The summed E-state index contributed by atoms with van der Waals surface area (Å²) in [5.74, 6) is -0.189. The molecule has 3 aromatic rings. The molecule has 178 valence electrons. The Morgan fingerprint density at radius 3 is 2.32 bits per heavy atom. The fourth-order valence-corrected chi connectivity index (χ4v) is 5.11. The number of nitrogens with one attached hydrogen (secondary N) is 1. The van der Waals surface area contributed by atoms with Gasteiger partial charge < -0.3 is 0 Å². The second-order valence-electron chi connectivity index (χ2n) is 9.05. The molecule has 1 amide bonds. The van der Waals surface area contributed by atoms with E-state index in [2.05, 4.69) is 12.5 Å². The number of aromatic nitrogens is 2. The molecule has 1 fully saturated rings. The molecule has 0 saturated carbocycles. The third kappa shape index (κ3) is 5.33. The maximum absolute atomic E-state index is 13.4. The Labute approximate surface area is 215 Å². The Bertz CT molecular complexity index is 1240. The van der Waals surface area contributed by atoms with Crippen LogP contribution in [0.2, 0.25) is 15.1 Å². The molecule has 8 heteroatoms. The van der Waals surface area contributed by atoms with E-state index in [1.165, 1.54) is 6.42 Å². The number of hydrogen-bond acceptors (Lipinski definition) is 2. The zero-order valence-electron chi connectivity index (χ0n) is 19.5. The van der Waals surface area contributed by atoms with Gasteiger partial charge in [-0.2, -0.15) is 10.5 Å². The van der Waals surface area contributed by atoms with Crippen LogP contribution in [0.25, 0.3) is 17.3 Å². The van der Waals surface area contributed by atoms with Gasteiger partial charge in [-0.15, -0.1) is 0 Å². The Morgan fingerprint density at radius 1 is 1.03 bits per heavy atom. The van der Waals surface area contributed by atoms with Gasteiger partial charge in [0, 0.05) is 15.6 Å². The van der Waals surface area contributed by atoms with Crippen molar-refractivity contribution >= 4 is 52.4 Å². The van der Waals surface area contributed by atoms with Gasteiger partial charge in [0.1, 0.15) is 13.1 Å². The monoisotopic (exact) mass is 517 g/mol. The van der Waals surface area contributed by atoms with Crippen molar-refractivity contribution in [2.24, 2.45) is 0 Å². The molecule has 1 aliphatic heterocycles. The van der Waals surface area contributed by atoms with Crippen LogP contribution in [0.3, 0.4) is 0 Å². The second kappa shape index (κ2) is 10.1. The highest BCUT2D eigenvalue weighted by Crippen LogP contribution is 2.31. The molecule has 2 aromatic carbocycles. The van der Waals surface area contributed by atoms with Crippen molar-refractivity contribution in [1.29, 1.82) is 0 Å². The topological polar surface area (TPSA) is 46.9 Å². The standard InChI is InChI=1S/C26H27Cl3N4O/c1-17(15-19-7-9-20(27)10-8-19)25-18(2)24(26(34)31-33(3)13-5-4-6-14-33)30-32(25)23-12-11-21(28)16-22(23)29/h7-12,15-16H,4-6,13-14H2,1-3H3/p+1/b17-15+. The number of likely N-dealkylation sites (tertiary alicyclic amines) is 1. The molecule has 0 unspecified atom stereocenters. The van der Waals surface area contributed by atoms with Gasteiger partial charge in [-0.05, 0) is 80.7 Å². The van der Waals surface area contributed by atoms with Crippen LogP contribution < -0.4 is 5.43 Å². The van der Waals surface area contributed by atoms with E-state index in [1.54, 1.807) is 16.8 Å². The van der Waals surface area contributed by atoms with Crippen molar-refractivity contribution in [1.82, 2.24) is 15.2 Å². The summed E-state index contributed by atoms with van der Waals surface area (Å²) in [5.41, 5.74) is 7.77. The molecule has 4 rings (SSSR count). The highest BCUT2D eigenvalue weighted by Gasteiger charge is 2.31. The van der Waals surface area contributed by atoms with E-state index in [0.717, 1.165) is 48.3 Å². The molecule has 1 N–H and O–H groups in total. The van der Waals surface area contributed by atoms with Crippen molar-refractivity contribution in [3.05, 3.63) is 80.0 Å². The van der Waals surface area contributed by atoms with Crippen molar-refractivity contribution in [3.8, 4) is 5.69 Å². The first-order valence-corrected chi connectivity index (χ1v) is 12.5. The maximum atomic E-state index is 13.4. The third-order valence-electron chi connectivity index (χ3n) is 6.28. The van der Waals surface area contributed by atoms with Gasteiger partial charge in [0.15, 0.2) is 5.69 Å². The Kier molecular flexibility index (Phi) is 7.39. The second-order valence-corrected chi connectivity index (χ2v) is 10.3. The summed E-state index contributed by atoms with van der Waals surface area (Å²) in [6.07, 6.45) is 5.43. The number of quaternary nitrogens is 1. The summed E-state index contributed by atoms with van der Waals surface area (Å²) in [6, 6.07) is 12.9. The quantitative estimate of drug-likeness (QED) is 0.370. The SMILES string of the molecule is C/C(=C\c1ccc(Cl)cc1)c1c(C)c(C(=O)N[N+]2(C)CCCCC2)nn1-c1ccc(Cl)cc1Cl. The van der Waals surface area contributed by atoms with Crippen molar-refractivity contribution < 1.29 is 9.39 Å². The smallest absolute Gasteiger partial charge is 0.262 e. The highest BCUT2D eigenvalue weighted by atomic mass is 35.5. The molecule has 0 radical (unpaired) electrons. The number of allylic oxidation sites excluding steroid dienone is 1. The van der Waals surface area contributed by atoms with Crippen LogP contribution >= 0.6 is 34.8 Å². The summed E-state index contributed by atoms with van der Waals surface area (Å²) in [7, 11) is 2.06. The minimum Gasteiger partial charge on any atom is -0.262 e. The normalized spacial score (nSPS) is 15.9. The lowest BCUT2D eigenvalue weighted by molar-refractivity contribution is -0.947. The average molecular weight is 519 g/mol. The number of nitrogens with zero attached hydrogens (tertiary/aromatic N) is 3. The van der Waals surface area contributed by atoms with Crippen LogP contribution in [0, 0.1) is 6.92 Å². The molecule has 0 spiro atoms. The molecule has 1 aromatic heterocycles. The zero-order valence-corrected chi connectivity index (χ0v) is 21.8. The first-order chi connectivity index (χ1) is 16.2. The van der Waals surface area contributed by atoms with Crippen LogP contribution in [0.5, 0.6) is 0 Å². The molecule has 2 heterocycles. The lowest BCUT2D eigenvalue weighted by Crippen LogP contribution is -2.59. The number of rotatable bonds is 5. The van der Waals surface area contributed by atoms with E-state index < -0.39 is 0 Å². The van der Waals surface area contributed by atoms with E-state index >= 15 is 0 Å². The van der Waals surface area contributed by atoms with E-state index in [9.17, 15) is 4.79 Å². The van der Waals surface area contributed by atoms with Gasteiger partial charge in [0.05, 0.1) is 23.5 Å². The van der Waals surface area contributed by atoms with Gasteiger partial charge in [0.2, 0.25) is 0 Å². The maximum Gasteiger partial charge on any atom is 0.316 e. The zero-order chi connectivity index (χ0) is 24.5. The molecule has 5 nitrogen and oxygen atoms in total. The lowest BCUT2D eigenvalue weighted by atomic mass is 10.0. The molecule has 0 bridgehead atoms. The first-order valence-electron chi connectivity index (χ1n) is 11.3. The van der Waals surface area contributed by atoms with E-state index in [0.29, 0.717) is 31.0 Å². The number of carbonyl (C=O) groups excluding carboxylic acids is 1. The van der Waals surface area contributed by atoms with Crippen LogP contribution in [-0.4, -0.2) is 40.4 Å². The fraction of sp³-hybridized carbons (Fsp3) is 0.308. The number of piperidine rings is 1. The number of carbonyl (C=O) groups is 1. The van der Waals surface area contributed by atoms with Crippen LogP contribution in [0.1, 0.15) is 53.5 Å². The van der Waals surface area contributed by atoms with Gasteiger partial charge >= 0.3 is 5.91 Å². The summed E-state index contributed by atoms with van der Waals surface area (Å²) in [4.78, 5) is 13.4. The first kappa shape index (κ1) is 24.8. The molecule has 1 aliphatic rings. The van der Waals surface area contributed by atoms with Gasteiger partial charge in [0.25, 0.3) is 0 Å². The molecule has 1 saturated heterocycles. The Hall–Kier alpha value is -2.31. The van der Waals surface area contributed by atoms with E-state index in [1.807, 2.05) is 50.3 Å². The highest BCUT2D eigenvalue weighted by molar-refractivity contribution is 6.35. The van der Waals surface area contributed by atoms with Crippen molar-refractivity contribution in [2.45, 2.75) is 33.1 Å². The number of amides is 1. The van der Waals surface area contributed by atoms with Gasteiger partial charge in [-0.3, -0.25) is 4.79 Å². The van der Waals surface area contributed by atoms with Crippen molar-refractivity contribution in [2.75, 3.05) is 20.1 Å². The average Bonchev–Trinajstić information content (AvgIpc) is 3.12. The van der Waals surface area contributed by atoms with Gasteiger partial charge in [-0.1, -0.05) is 46.9 Å². The van der Waals surface area contributed by atoms with Crippen LogP contribution in [0.4, 0.5) is 0 Å². The summed E-state index contributed by atoms with van der Waals surface area (Å²) >= 11 is 18.7. The molecular formula is C26H28Cl3N4O+. The van der Waals surface area contributed by atoms with E-state index in [-0.39, 0.29) is 5.91 Å². The molecular weight excluding hydrogens is 491 g/mol. The predicted molar refractivity (Wildman–Crippen MR) is 141 cm³/mol. The number of halogens is 3. The van der Waals surface area contributed by atoms with Gasteiger partial charge in [-0.25, -0.2) is 9.27 Å². The largest absolute Gasteiger partial charge is 0.316 e. The minimum atomic E-state index is -0.189. The van der Waals surface area contributed by atoms with Crippen molar-refractivity contribution in [3.63, 3.8) is 0 Å². The Morgan fingerprint density at radius 2 is 1.68 bits per heavy atom. The summed E-state index contributed by atoms with van der Waals surface area (Å²) in [6.45, 7) is 5.75. The Balaban J connectivity index is 1.80. The third-order valence-corrected chi connectivity index (χ3v) is 7.07. The lowest BCUT2D eigenvalue weighted by Gasteiger charge is -2.36. The van der Waals surface area contributed by atoms with Crippen LogP contribution in [-0.2, 0) is 0 Å². The van der Waals surface area contributed by atoms with E-state index in [4.69, 9.17) is 39.9 Å². The minimum absolute atomic E-state index is 0.189.